The van der Waals surface area contributed by atoms with Crippen molar-refractivity contribution in [3.63, 3.8) is 0 Å². The third kappa shape index (κ3) is 6.61. The second-order valence-corrected chi connectivity index (χ2v) is 7.68. The highest BCUT2D eigenvalue weighted by Gasteiger charge is 2.24. The Kier molecular flexibility index (Phi) is 8.30. The Hall–Kier alpha value is -0.520. The predicted molar refractivity (Wildman–Crippen MR) is 107 cm³/mol. The van der Waals surface area contributed by atoms with Gasteiger partial charge in [0, 0.05) is 19.0 Å². The maximum absolute atomic E-state index is 12.1. The number of hydrogen-bond acceptors (Lipinski definition) is 3. The molecule has 140 valence electrons. The topological polar surface area (TPSA) is 44.4 Å². The summed E-state index contributed by atoms with van der Waals surface area (Å²) in [4.78, 5) is 14.5. The molecule has 1 heterocycles. The van der Waals surface area contributed by atoms with Crippen LogP contribution in [0, 0.1) is 5.92 Å². The Bertz CT molecular complexity index is 552. The van der Waals surface area contributed by atoms with Crippen molar-refractivity contribution in [2.45, 2.75) is 38.1 Å². The Morgan fingerprint density at radius 1 is 1.12 bits per heavy atom. The van der Waals surface area contributed by atoms with Crippen LogP contribution in [0.15, 0.2) is 18.2 Å². The fourth-order valence-corrected chi connectivity index (χ4v) is 3.59. The van der Waals surface area contributed by atoms with Crippen molar-refractivity contribution in [3.05, 3.63) is 28.2 Å². The molecule has 2 N–H and O–H groups in total. The molecule has 1 aromatic rings. The van der Waals surface area contributed by atoms with Crippen LogP contribution in [0.5, 0.6) is 0 Å². The summed E-state index contributed by atoms with van der Waals surface area (Å²) in [6.45, 7) is 4.08. The van der Waals surface area contributed by atoms with E-state index >= 15 is 0 Å². The van der Waals surface area contributed by atoms with Crippen molar-refractivity contribution >= 4 is 47.2 Å². The van der Waals surface area contributed by atoms with E-state index in [-0.39, 0.29) is 18.3 Å². The molecule has 25 heavy (non-hydrogen) atoms. The number of amides is 1. The number of nitrogens with one attached hydrogen (secondary N) is 2. The summed E-state index contributed by atoms with van der Waals surface area (Å²) < 4.78 is 0. The molecule has 7 heteroatoms. The van der Waals surface area contributed by atoms with Crippen LogP contribution in [-0.2, 0) is 4.79 Å². The Morgan fingerprint density at radius 3 is 2.36 bits per heavy atom. The molecule has 4 nitrogen and oxygen atoms in total. The molecule has 0 unspecified atom stereocenters. The van der Waals surface area contributed by atoms with Gasteiger partial charge < -0.3 is 15.5 Å². The van der Waals surface area contributed by atoms with Crippen LogP contribution in [0.3, 0.4) is 0 Å². The van der Waals surface area contributed by atoms with Crippen molar-refractivity contribution < 1.29 is 4.79 Å². The molecule has 1 amide bonds. The van der Waals surface area contributed by atoms with E-state index in [9.17, 15) is 4.79 Å². The standard InChI is InChI=1S/C18H25Cl2N3O.ClH/c19-15-2-1-3-16(20)18(15)22-17(24)8-11-23-9-6-14(7-10-23)21-12-13-4-5-13;/h1-3,13-14,21H,4-12H2,(H,22,24);1H. The summed E-state index contributed by atoms with van der Waals surface area (Å²) in [6.07, 6.45) is 5.60. The van der Waals surface area contributed by atoms with Gasteiger partial charge in [0.05, 0.1) is 15.7 Å². The number of piperidine rings is 1. The van der Waals surface area contributed by atoms with E-state index in [1.54, 1.807) is 18.2 Å². The molecule has 0 spiro atoms. The van der Waals surface area contributed by atoms with Crippen LogP contribution in [-0.4, -0.2) is 43.0 Å². The lowest BCUT2D eigenvalue weighted by Gasteiger charge is -2.32. The Morgan fingerprint density at radius 2 is 1.76 bits per heavy atom. The quantitative estimate of drug-likeness (QED) is 0.713. The first-order valence-electron chi connectivity index (χ1n) is 8.81. The summed E-state index contributed by atoms with van der Waals surface area (Å²) in [7, 11) is 0. The lowest BCUT2D eigenvalue weighted by Crippen LogP contribution is -2.43. The molecule has 0 radical (unpaired) electrons. The zero-order valence-electron chi connectivity index (χ0n) is 14.3. The number of carbonyl (C=O) groups excluding carboxylic acids is 1. The van der Waals surface area contributed by atoms with Crippen LogP contribution in [0.1, 0.15) is 32.1 Å². The summed E-state index contributed by atoms with van der Waals surface area (Å²) in [6, 6.07) is 5.87. The summed E-state index contributed by atoms with van der Waals surface area (Å²) in [5.41, 5.74) is 0.508. The normalized spacial score (nSPS) is 18.6. The molecule has 1 saturated carbocycles. The fourth-order valence-electron chi connectivity index (χ4n) is 3.09. The second kappa shape index (κ2) is 9.98. The van der Waals surface area contributed by atoms with Crippen molar-refractivity contribution in [1.82, 2.24) is 10.2 Å². The number of carbonyl (C=O) groups is 1. The van der Waals surface area contributed by atoms with Gasteiger partial charge in [0.25, 0.3) is 0 Å². The summed E-state index contributed by atoms with van der Waals surface area (Å²) in [5.74, 6) is 0.891. The van der Waals surface area contributed by atoms with Crippen LogP contribution in [0.25, 0.3) is 0 Å². The van der Waals surface area contributed by atoms with Crippen LogP contribution in [0.4, 0.5) is 5.69 Å². The van der Waals surface area contributed by atoms with Crippen LogP contribution >= 0.6 is 35.6 Å². The van der Waals surface area contributed by atoms with Crippen LogP contribution in [0.2, 0.25) is 10.0 Å². The predicted octanol–water partition coefficient (Wildman–Crippen LogP) is 4.21. The van der Waals surface area contributed by atoms with E-state index in [1.165, 1.54) is 32.2 Å². The number of para-hydroxylation sites is 1. The van der Waals surface area contributed by atoms with Gasteiger partial charge in [-0.15, -0.1) is 12.4 Å². The zero-order chi connectivity index (χ0) is 16.9. The number of anilines is 1. The summed E-state index contributed by atoms with van der Waals surface area (Å²) >= 11 is 12.2. The lowest BCUT2D eigenvalue weighted by molar-refractivity contribution is -0.116. The molecule has 0 aromatic heterocycles. The number of hydrogen-bond donors (Lipinski definition) is 2. The molecule has 1 aliphatic carbocycles. The minimum absolute atomic E-state index is 0. The first-order valence-corrected chi connectivity index (χ1v) is 9.57. The highest BCUT2D eigenvalue weighted by atomic mass is 35.5. The number of likely N-dealkylation sites (tertiary alicyclic amines) is 1. The molecule has 1 aromatic carbocycles. The van der Waals surface area contributed by atoms with Crippen LogP contribution < -0.4 is 10.6 Å². The van der Waals surface area contributed by atoms with Gasteiger partial charge in [0.1, 0.15) is 0 Å². The third-order valence-corrected chi connectivity index (χ3v) is 5.49. The number of benzene rings is 1. The van der Waals surface area contributed by atoms with E-state index in [2.05, 4.69) is 15.5 Å². The first-order chi connectivity index (χ1) is 11.6. The zero-order valence-corrected chi connectivity index (χ0v) is 16.6. The fraction of sp³-hybridized carbons (Fsp3) is 0.611. The van der Waals surface area contributed by atoms with Gasteiger partial charge in [0.15, 0.2) is 0 Å². The van der Waals surface area contributed by atoms with Gasteiger partial charge in [-0.3, -0.25) is 4.79 Å². The average molecular weight is 407 g/mol. The monoisotopic (exact) mass is 405 g/mol. The molecular formula is C18H26Cl3N3O. The molecule has 3 rings (SSSR count). The second-order valence-electron chi connectivity index (χ2n) is 6.86. The van der Waals surface area contributed by atoms with Crippen molar-refractivity contribution in [2.75, 3.05) is 31.5 Å². The average Bonchev–Trinajstić information content (AvgIpc) is 3.40. The van der Waals surface area contributed by atoms with Gasteiger partial charge in [-0.25, -0.2) is 0 Å². The van der Waals surface area contributed by atoms with E-state index in [4.69, 9.17) is 23.2 Å². The molecule has 1 saturated heterocycles. The minimum Gasteiger partial charge on any atom is -0.324 e. The lowest BCUT2D eigenvalue weighted by atomic mass is 10.0. The third-order valence-electron chi connectivity index (χ3n) is 4.86. The molecule has 1 aliphatic heterocycles. The first kappa shape index (κ1) is 20.8. The number of halogens is 3. The van der Waals surface area contributed by atoms with Gasteiger partial charge >= 0.3 is 0 Å². The van der Waals surface area contributed by atoms with E-state index in [1.807, 2.05) is 0 Å². The van der Waals surface area contributed by atoms with Gasteiger partial charge in [0.2, 0.25) is 5.91 Å². The van der Waals surface area contributed by atoms with Gasteiger partial charge in [-0.1, -0.05) is 29.3 Å². The maximum Gasteiger partial charge on any atom is 0.225 e. The molecule has 0 bridgehead atoms. The van der Waals surface area contributed by atoms with Gasteiger partial charge in [-0.05, 0) is 63.4 Å². The smallest absolute Gasteiger partial charge is 0.225 e. The SMILES string of the molecule is Cl.O=C(CCN1CCC(NCC2CC2)CC1)Nc1c(Cl)cccc1Cl. The Balaban J connectivity index is 0.00000225. The van der Waals surface area contributed by atoms with Crippen molar-refractivity contribution in [1.29, 1.82) is 0 Å². The molecule has 0 atom stereocenters. The van der Waals surface area contributed by atoms with Crippen molar-refractivity contribution in [3.8, 4) is 0 Å². The number of nitrogens with zero attached hydrogens (tertiary/aromatic N) is 1. The molecule has 2 aliphatic rings. The minimum atomic E-state index is -0.0426. The van der Waals surface area contributed by atoms with E-state index in [0.29, 0.717) is 28.2 Å². The maximum atomic E-state index is 12.1. The largest absolute Gasteiger partial charge is 0.324 e. The van der Waals surface area contributed by atoms with Gasteiger partial charge in [-0.2, -0.15) is 0 Å². The molecule has 2 fully saturated rings. The number of rotatable bonds is 7. The highest BCUT2D eigenvalue weighted by molar-refractivity contribution is 6.39. The molecular weight excluding hydrogens is 381 g/mol. The van der Waals surface area contributed by atoms with E-state index < -0.39 is 0 Å². The van der Waals surface area contributed by atoms with E-state index in [0.717, 1.165) is 25.6 Å². The Labute approximate surface area is 166 Å². The highest BCUT2D eigenvalue weighted by Crippen LogP contribution is 2.30. The summed E-state index contributed by atoms with van der Waals surface area (Å²) in [5, 5.41) is 7.44. The van der Waals surface area contributed by atoms with Crippen molar-refractivity contribution in [2.24, 2.45) is 5.92 Å².